The molecule has 0 bridgehead atoms. The predicted octanol–water partition coefficient (Wildman–Crippen LogP) is 5.76. The largest absolute Gasteiger partial charge is 0.493 e. The van der Waals surface area contributed by atoms with Gasteiger partial charge < -0.3 is 30.0 Å². The van der Waals surface area contributed by atoms with E-state index in [1.807, 2.05) is 74.5 Å². The molecule has 6 aromatic rings. The average Bonchev–Trinajstić information content (AvgIpc) is 3.80. The van der Waals surface area contributed by atoms with Crippen molar-refractivity contribution in [3.8, 4) is 17.0 Å². The first kappa shape index (κ1) is 44.2. The molecule has 0 spiro atoms. The Hall–Kier alpha value is -7.43. The van der Waals surface area contributed by atoms with Crippen LogP contribution in [0.1, 0.15) is 77.5 Å². The Labute approximate surface area is 373 Å². The normalized spacial score (nSPS) is 14.8. The van der Waals surface area contributed by atoms with Gasteiger partial charge in [-0.3, -0.25) is 34.2 Å². The van der Waals surface area contributed by atoms with Crippen molar-refractivity contribution in [3.63, 3.8) is 0 Å². The number of ether oxygens (including phenoxy) is 3. The zero-order valence-corrected chi connectivity index (χ0v) is 36.0. The molecule has 2 aliphatic rings. The fourth-order valence-corrected chi connectivity index (χ4v) is 8.56. The molecule has 4 aromatic carbocycles. The monoisotopic (exact) mass is 880 g/mol. The summed E-state index contributed by atoms with van der Waals surface area (Å²) in [5.74, 6) is -2.85. The van der Waals surface area contributed by atoms with Crippen LogP contribution in [-0.2, 0) is 25.5 Å². The second-order valence-electron chi connectivity index (χ2n) is 15.8. The van der Waals surface area contributed by atoms with Gasteiger partial charge in [-0.15, -0.1) is 0 Å². The highest BCUT2D eigenvalue weighted by atomic mass is 16.5. The Morgan fingerprint density at radius 1 is 0.815 bits per heavy atom. The lowest BCUT2D eigenvalue weighted by molar-refractivity contribution is -0.136. The van der Waals surface area contributed by atoms with Crippen LogP contribution >= 0.6 is 0 Å². The maximum Gasteiger partial charge on any atom is 0.356 e. The van der Waals surface area contributed by atoms with Gasteiger partial charge in [0.25, 0.3) is 17.7 Å². The summed E-state index contributed by atoms with van der Waals surface area (Å²) in [4.78, 5) is 76.9. The maximum atomic E-state index is 13.3. The number of benzene rings is 4. The summed E-state index contributed by atoms with van der Waals surface area (Å²) in [6, 6.07) is 27.0. The summed E-state index contributed by atoms with van der Waals surface area (Å²) < 4.78 is 19.1. The molecular formula is C49H48N6O10. The second-order valence-corrected chi connectivity index (χ2v) is 15.8. The van der Waals surface area contributed by atoms with Crippen LogP contribution in [0.4, 0.5) is 5.69 Å². The van der Waals surface area contributed by atoms with Gasteiger partial charge in [-0.2, -0.15) is 5.10 Å². The number of piperidine rings is 1. The summed E-state index contributed by atoms with van der Waals surface area (Å²) in [5, 5.41) is 25.1. The van der Waals surface area contributed by atoms with Crippen LogP contribution in [0.15, 0.2) is 91.0 Å². The number of carboxylic acid groups (broad SMARTS) is 1. The summed E-state index contributed by atoms with van der Waals surface area (Å²) in [6.07, 6.45) is 1.15. The number of aryl methyl sites for hydroxylation is 3. The zero-order chi connectivity index (χ0) is 45.6. The van der Waals surface area contributed by atoms with E-state index in [0.717, 1.165) is 38.1 Å². The van der Waals surface area contributed by atoms with Crippen molar-refractivity contribution in [2.75, 3.05) is 51.4 Å². The maximum absolute atomic E-state index is 13.3. The van der Waals surface area contributed by atoms with Gasteiger partial charge in [-0.25, -0.2) is 9.31 Å². The Morgan fingerprint density at radius 2 is 1.54 bits per heavy atom. The van der Waals surface area contributed by atoms with Crippen LogP contribution in [0.5, 0.6) is 5.75 Å². The summed E-state index contributed by atoms with van der Waals surface area (Å²) in [7, 11) is 0. The molecule has 65 heavy (non-hydrogen) atoms. The molecule has 2 aromatic heterocycles. The first-order valence-corrected chi connectivity index (χ1v) is 21.5. The molecule has 0 aliphatic carbocycles. The van der Waals surface area contributed by atoms with Gasteiger partial charge in [0, 0.05) is 47.3 Å². The third-order valence-corrected chi connectivity index (χ3v) is 11.5. The van der Waals surface area contributed by atoms with Crippen LogP contribution in [0.2, 0.25) is 0 Å². The van der Waals surface area contributed by atoms with Gasteiger partial charge >= 0.3 is 5.97 Å². The molecule has 1 saturated heterocycles. The van der Waals surface area contributed by atoms with E-state index in [-0.39, 0.29) is 68.5 Å². The Kier molecular flexibility index (Phi) is 13.3. The number of amides is 5. The number of carbonyl (C=O) groups is 6. The van der Waals surface area contributed by atoms with Crippen molar-refractivity contribution < 1.29 is 48.1 Å². The lowest BCUT2D eigenvalue weighted by Gasteiger charge is -2.27. The van der Waals surface area contributed by atoms with Crippen molar-refractivity contribution in [1.29, 1.82) is 0 Å². The fraction of sp³-hybridized carbons (Fsp3) is 0.286. The number of carbonyl (C=O) groups excluding carboxylic acids is 5. The molecule has 16 nitrogen and oxygen atoms in total. The molecule has 5 amide bonds. The van der Waals surface area contributed by atoms with Crippen LogP contribution < -0.4 is 20.7 Å². The third-order valence-electron chi connectivity index (χ3n) is 11.5. The number of hydrogen-bond donors (Lipinski definition) is 4. The minimum Gasteiger partial charge on any atom is -0.493 e. The number of rotatable bonds is 19. The van der Waals surface area contributed by atoms with E-state index in [1.54, 1.807) is 28.8 Å². The SMILES string of the molecule is Cc1cc(C(=O)NCCOCCOCCNc2cccc3c2C(=O)N(C2CCC(=O)NC2=O)C3=O)cc(C)c1-c1cccc2c(CCCOc3cccc4ccccc34)c(C(=O)O)nn12. The Balaban J connectivity index is 0.791. The van der Waals surface area contributed by atoms with E-state index < -0.39 is 35.6 Å². The number of aromatic nitrogens is 2. The van der Waals surface area contributed by atoms with E-state index in [1.165, 1.54) is 6.07 Å². The Bertz CT molecular complexity index is 2830. The summed E-state index contributed by atoms with van der Waals surface area (Å²) in [5.41, 5.74) is 5.82. The first-order valence-electron chi connectivity index (χ1n) is 21.5. The summed E-state index contributed by atoms with van der Waals surface area (Å²) in [6.45, 7) is 5.90. The minimum atomic E-state index is -1.11. The number of carboxylic acids is 1. The van der Waals surface area contributed by atoms with Crippen LogP contribution in [0, 0.1) is 13.8 Å². The Morgan fingerprint density at radius 3 is 2.31 bits per heavy atom. The fourth-order valence-electron chi connectivity index (χ4n) is 8.56. The molecule has 1 atom stereocenters. The standard InChI is InChI=1S/C49H48N6O10/c1-29-27-32(45(57)51-21-24-64-26-25-63-23-20-50-36-14-6-12-35-43(36)48(60)54(47(35)59)39-18-19-41(56)52-46(39)58)28-30(2)42(29)38-16-7-15-37-34(44(49(61)62)53-55(37)38)13-8-22-65-40-17-5-10-31-9-3-4-11-33(31)40/h3-7,9-12,14-17,27-28,39,50H,8,13,18-26H2,1-2H3,(H,51,57)(H,61,62)(H,52,56,58). The molecule has 8 rings (SSSR count). The van der Waals surface area contributed by atoms with Gasteiger partial charge in [-0.05, 0) is 92.1 Å². The van der Waals surface area contributed by atoms with Gasteiger partial charge in [0.05, 0.1) is 55.4 Å². The van der Waals surface area contributed by atoms with E-state index in [2.05, 4.69) is 21.0 Å². The molecule has 16 heteroatoms. The highest BCUT2D eigenvalue weighted by molar-refractivity contribution is 6.25. The number of anilines is 1. The van der Waals surface area contributed by atoms with Crippen molar-refractivity contribution in [3.05, 3.63) is 130 Å². The number of nitrogens with zero attached hydrogens (tertiary/aromatic N) is 3. The van der Waals surface area contributed by atoms with Gasteiger partial charge in [0.2, 0.25) is 11.8 Å². The molecule has 2 aliphatic heterocycles. The topological polar surface area (TPSA) is 207 Å². The number of pyridine rings is 1. The first-order chi connectivity index (χ1) is 31.5. The number of imide groups is 2. The zero-order valence-electron chi connectivity index (χ0n) is 36.0. The van der Waals surface area contributed by atoms with Crippen molar-refractivity contribution in [2.45, 2.75) is 45.6 Å². The molecule has 0 radical (unpaired) electrons. The second kappa shape index (κ2) is 19.5. The van der Waals surface area contributed by atoms with Crippen molar-refractivity contribution >= 4 is 57.5 Å². The highest BCUT2D eigenvalue weighted by Gasteiger charge is 2.45. The minimum absolute atomic E-state index is 0.00765. The van der Waals surface area contributed by atoms with E-state index in [4.69, 9.17) is 14.2 Å². The van der Waals surface area contributed by atoms with Crippen LogP contribution in [0.25, 0.3) is 27.5 Å². The van der Waals surface area contributed by atoms with E-state index in [9.17, 15) is 33.9 Å². The van der Waals surface area contributed by atoms with Crippen molar-refractivity contribution in [2.24, 2.45) is 0 Å². The lowest BCUT2D eigenvalue weighted by atomic mass is 9.96. The molecule has 0 saturated carbocycles. The number of fused-ring (bicyclic) bond motifs is 3. The average molecular weight is 881 g/mol. The highest BCUT2D eigenvalue weighted by Crippen LogP contribution is 2.34. The van der Waals surface area contributed by atoms with Crippen molar-refractivity contribution in [1.82, 2.24) is 25.1 Å². The van der Waals surface area contributed by atoms with E-state index >= 15 is 0 Å². The third kappa shape index (κ3) is 9.30. The van der Waals surface area contributed by atoms with Crippen LogP contribution in [0.3, 0.4) is 0 Å². The molecule has 4 N–H and O–H groups in total. The number of nitrogens with one attached hydrogen (secondary N) is 3. The quantitative estimate of drug-likeness (QED) is 0.0566. The smallest absolute Gasteiger partial charge is 0.356 e. The summed E-state index contributed by atoms with van der Waals surface area (Å²) >= 11 is 0. The molecule has 1 fully saturated rings. The molecule has 334 valence electrons. The molecular weight excluding hydrogens is 833 g/mol. The molecule has 4 heterocycles. The molecule has 1 unspecified atom stereocenters. The van der Waals surface area contributed by atoms with Gasteiger partial charge in [0.15, 0.2) is 5.69 Å². The number of aromatic carboxylic acids is 1. The number of hydrogen-bond acceptors (Lipinski definition) is 11. The van der Waals surface area contributed by atoms with Gasteiger partial charge in [0.1, 0.15) is 11.8 Å². The van der Waals surface area contributed by atoms with Gasteiger partial charge in [-0.1, -0.05) is 48.5 Å². The predicted molar refractivity (Wildman–Crippen MR) is 240 cm³/mol. The van der Waals surface area contributed by atoms with Crippen LogP contribution in [-0.4, -0.2) is 107 Å². The lowest BCUT2D eigenvalue weighted by Crippen LogP contribution is -2.54. The van der Waals surface area contributed by atoms with E-state index in [0.29, 0.717) is 54.0 Å².